The van der Waals surface area contributed by atoms with Crippen molar-refractivity contribution in [1.82, 2.24) is 20.4 Å². The highest BCUT2D eigenvalue weighted by molar-refractivity contribution is 8.00. The molecule has 0 aliphatic heterocycles. The van der Waals surface area contributed by atoms with E-state index in [1.807, 2.05) is 60.0 Å². The largest absolute Gasteiger partial charge is 0.318 e. The lowest BCUT2D eigenvalue weighted by atomic mass is 10.2. The zero-order valence-electron chi connectivity index (χ0n) is 16.8. The zero-order chi connectivity index (χ0) is 20.6. The summed E-state index contributed by atoms with van der Waals surface area (Å²) in [4.78, 5) is 30.1. The van der Waals surface area contributed by atoms with Gasteiger partial charge in [0.1, 0.15) is 12.4 Å². The van der Waals surface area contributed by atoms with Crippen LogP contribution in [0.3, 0.4) is 0 Å². The van der Waals surface area contributed by atoms with Crippen LogP contribution in [0, 0.1) is 6.92 Å². The SMILES string of the molecule is CCCCc1nc2ccccc2n1CC(=O)NNC(=O)CSc1ccc(C)cc1. The van der Waals surface area contributed by atoms with Crippen molar-refractivity contribution in [3.8, 4) is 0 Å². The van der Waals surface area contributed by atoms with E-state index in [-0.39, 0.29) is 24.1 Å². The Hall–Kier alpha value is -2.80. The Morgan fingerprint density at radius 1 is 1.03 bits per heavy atom. The molecule has 0 bridgehead atoms. The second-order valence-electron chi connectivity index (χ2n) is 6.90. The van der Waals surface area contributed by atoms with E-state index >= 15 is 0 Å². The van der Waals surface area contributed by atoms with Gasteiger partial charge in [0.2, 0.25) is 5.91 Å². The summed E-state index contributed by atoms with van der Waals surface area (Å²) in [6.07, 6.45) is 2.89. The van der Waals surface area contributed by atoms with Crippen molar-refractivity contribution < 1.29 is 9.59 Å². The van der Waals surface area contributed by atoms with Crippen LogP contribution in [0.4, 0.5) is 0 Å². The standard InChI is InChI=1S/C22H26N4O2S/c1-3-4-9-20-23-18-7-5-6-8-19(18)26(20)14-21(27)24-25-22(28)15-29-17-12-10-16(2)11-13-17/h5-8,10-13H,3-4,9,14-15H2,1-2H3,(H,24,27)(H,25,28). The summed E-state index contributed by atoms with van der Waals surface area (Å²) in [5, 5.41) is 0. The molecule has 3 aromatic rings. The lowest BCUT2D eigenvalue weighted by Gasteiger charge is -2.11. The van der Waals surface area contributed by atoms with Crippen LogP contribution in [0.25, 0.3) is 11.0 Å². The number of aryl methyl sites for hydroxylation is 2. The number of rotatable bonds is 8. The first-order chi connectivity index (χ1) is 14.1. The number of unbranched alkanes of at least 4 members (excludes halogenated alkanes) is 1. The molecule has 0 spiro atoms. The van der Waals surface area contributed by atoms with Gasteiger partial charge in [-0.3, -0.25) is 20.4 Å². The summed E-state index contributed by atoms with van der Waals surface area (Å²) < 4.78 is 1.92. The fraction of sp³-hybridized carbons (Fsp3) is 0.318. The highest BCUT2D eigenvalue weighted by atomic mass is 32.2. The average molecular weight is 411 g/mol. The highest BCUT2D eigenvalue weighted by Gasteiger charge is 2.14. The third-order valence-electron chi connectivity index (χ3n) is 4.52. The molecule has 1 heterocycles. The van der Waals surface area contributed by atoms with Gasteiger partial charge < -0.3 is 4.57 Å². The lowest BCUT2D eigenvalue weighted by molar-refractivity contribution is -0.128. The molecule has 1 aromatic heterocycles. The van der Waals surface area contributed by atoms with Crippen LogP contribution in [0.5, 0.6) is 0 Å². The van der Waals surface area contributed by atoms with Crippen LogP contribution < -0.4 is 10.9 Å². The van der Waals surface area contributed by atoms with Gasteiger partial charge in [-0.2, -0.15) is 0 Å². The molecule has 2 N–H and O–H groups in total. The summed E-state index contributed by atoms with van der Waals surface area (Å²) in [6, 6.07) is 15.8. The minimum atomic E-state index is -0.278. The van der Waals surface area contributed by atoms with Gasteiger partial charge in [-0.25, -0.2) is 4.98 Å². The van der Waals surface area contributed by atoms with Gasteiger partial charge in [0.25, 0.3) is 5.91 Å². The predicted molar refractivity (Wildman–Crippen MR) is 117 cm³/mol. The molecule has 0 aliphatic rings. The number of para-hydroxylation sites is 2. The number of aromatic nitrogens is 2. The van der Waals surface area contributed by atoms with E-state index in [2.05, 4.69) is 22.8 Å². The molecule has 6 nitrogen and oxygen atoms in total. The van der Waals surface area contributed by atoms with Crippen LogP contribution in [0.2, 0.25) is 0 Å². The molecule has 0 radical (unpaired) electrons. The summed E-state index contributed by atoms with van der Waals surface area (Å²) in [5.74, 6) is 0.605. The van der Waals surface area contributed by atoms with Gasteiger partial charge in [0.15, 0.2) is 0 Å². The molecule has 3 rings (SSSR count). The van der Waals surface area contributed by atoms with Crippen molar-refractivity contribution in [3.63, 3.8) is 0 Å². The fourth-order valence-corrected chi connectivity index (χ4v) is 3.67. The molecule has 152 valence electrons. The van der Waals surface area contributed by atoms with Crippen LogP contribution in [-0.2, 0) is 22.6 Å². The van der Waals surface area contributed by atoms with E-state index in [1.54, 1.807) is 0 Å². The number of fused-ring (bicyclic) bond motifs is 1. The molecule has 0 saturated heterocycles. The van der Waals surface area contributed by atoms with Crippen molar-refractivity contribution in [1.29, 1.82) is 0 Å². The third kappa shape index (κ3) is 5.84. The summed E-state index contributed by atoms with van der Waals surface area (Å²) in [7, 11) is 0. The maximum Gasteiger partial charge on any atom is 0.258 e. The van der Waals surface area contributed by atoms with Crippen molar-refractivity contribution >= 4 is 34.6 Å². The molecule has 0 fully saturated rings. The first kappa shape index (κ1) is 20.9. The number of hydrogen-bond acceptors (Lipinski definition) is 4. The fourth-order valence-electron chi connectivity index (χ4n) is 2.97. The molecule has 7 heteroatoms. The molecule has 0 saturated carbocycles. The maximum atomic E-state index is 12.4. The van der Waals surface area contributed by atoms with Crippen LogP contribution >= 0.6 is 11.8 Å². The number of thioether (sulfide) groups is 1. The topological polar surface area (TPSA) is 76.0 Å². The monoisotopic (exact) mass is 410 g/mol. The van der Waals surface area contributed by atoms with Crippen molar-refractivity contribution in [2.75, 3.05) is 5.75 Å². The van der Waals surface area contributed by atoms with Gasteiger partial charge in [-0.05, 0) is 37.6 Å². The second-order valence-corrected chi connectivity index (χ2v) is 7.95. The summed E-state index contributed by atoms with van der Waals surface area (Å²) in [5.41, 5.74) is 7.99. The lowest BCUT2D eigenvalue weighted by Crippen LogP contribution is -2.44. The first-order valence-corrected chi connectivity index (χ1v) is 10.8. The number of nitrogens with one attached hydrogen (secondary N) is 2. The Bertz CT molecular complexity index is 982. The average Bonchev–Trinajstić information content (AvgIpc) is 3.07. The Kier molecular flexibility index (Phi) is 7.30. The number of benzene rings is 2. The van der Waals surface area contributed by atoms with Crippen molar-refractivity contribution in [2.45, 2.75) is 44.6 Å². The third-order valence-corrected chi connectivity index (χ3v) is 5.53. The number of amides is 2. The number of imidazole rings is 1. The number of nitrogens with zero attached hydrogens (tertiary/aromatic N) is 2. The molecular weight excluding hydrogens is 384 g/mol. The minimum absolute atomic E-state index is 0.116. The first-order valence-electron chi connectivity index (χ1n) is 9.78. The van der Waals surface area contributed by atoms with Crippen molar-refractivity contribution in [3.05, 3.63) is 59.9 Å². The maximum absolute atomic E-state index is 12.4. The second kappa shape index (κ2) is 10.1. The highest BCUT2D eigenvalue weighted by Crippen LogP contribution is 2.18. The van der Waals surface area contributed by atoms with Crippen molar-refractivity contribution in [2.24, 2.45) is 0 Å². The van der Waals surface area contributed by atoms with E-state index in [9.17, 15) is 9.59 Å². The molecule has 29 heavy (non-hydrogen) atoms. The Morgan fingerprint density at radius 3 is 2.52 bits per heavy atom. The number of hydrogen-bond donors (Lipinski definition) is 2. The number of carbonyl (C=O) groups excluding carboxylic acids is 2. The Morgan fingerprint density at radius 2 is 1.76 bits per heavy atom. The Labute approximate surface area is 175 Å². The molecule has 0 aliphatic carbocycles. The number of hydrazine groups is 1. The molecule has 2 amide bonds. The molecule has 0 unspecified atom stereocenters. The molecule has 0 atom stereocenters. The minimum Gasteiger partial charge on any atom is -0.318 e. The summed E-state index contributed by atoms with van der Waals surface area (Å²) >= 11 is 1.43. The van der Waals surface area contributed by atoms with Crippen LogP contribution in [0.1, 0.15) is 31.2 Å². The van der Waals surface area contributed by atoms with Crippen LogP contribution in [-0.4, -0.2) is 27.1 Å². The van der Waals surface area contributed by atoms with E-state index in [0.29, 0.717) is 0 Å². The molecule has 2 aromatic carbocycles. The predicted octanol–water partition coefficient (Wildman–Crippen LogP) is 3.63. The van der Waals surface area contributed by atoms with Crippen LogP contribution in [0.15, 0.2) is 53.4 Å². The normalized spacial score (nSPS) is 10.8. The van der Waals surface area contributed by atoms with E-state index < -0.39 is 0 Å². The quantitative estimate of drug-likeness (QED) is 0.439. The smallest absolute Gasteiger partial charge is 0.258 e. The van der Waals surface area contributed by atoms with Gasteiger partial charge in [-0.15, -0.1) is 11.8 Å². The summed E-state index contributed by atoms with van der Waals surface area (Å²) in [6.45, 7) is 4.27. The van der Waals surface area contributed by atoms with Gasteiger partial charge >= 0.3 is 0 Å². The van der Waals surface area contributed by atoms with Gasteiger partial charge in [0, 0.05) is 11.3 Å². The zero-order valence-corrected chi connectivity index (χ0v) is 17.6. The van der Waals surface area contributed by atoms with Gasteiger partial charge in [-0.1, -0.05) is 43.2 Å². The number of carbonyl (C=O) groups is 2. The van der Waals surface area contributed by atoms with E-state index in [0.717, 1.165) is 41.0 Å². The molecular formula is C22H26N4O2S. The Balaban J connectivity index is 1.55. The van der Waals surface area contributed by atoms with E-state index in [4.69, 9.17) is 0 Å². The van der Waals surface area contributed by atoms with Gasteiger partial charge in [0.05, 0.1) is 16.8 Å². The van der Waals surface area contributed by atoms with E-state index in [1.165, 1.54) is 17.3 Å².